The normalized spacial score (nSPS) is 11.7. The minimum Gasteiger partial charge on any atom is -0.368 e. The Morgan fingerprint density at radius 3 is 2.69 bits per heavy atom. The van der Waals surface area contributed by atoms with E-state index in [4.69, 9.17) is 5.73 Å². The van der Waals surface area contributed by atoms with Crippen molar-refractivity contribution in [1.29, 1.82) is 0 Å². The number of hydrogen-bond donors (Lipinski definition) is 2. The van der Waals surface area contributed by atoms with Crippen molar-refractivity contribution in [2.75, 3.05) is 19.8 Å². The van der Waals surface area contributed by atoms with Crippen molar-refractivity contribution in [2.24, 2.45) is 0 Å². The number of benzene rings is 2. The fraction of sp³-hybridized carbons (Fsp3) is 0.174. The van der Waals surface area contributed by atoms with Crippen molar-refractivity contribution < 1.29 is 0 Å². The molecule has 4 rings (SSSR count). The van der Waals surface area contributed by atoms with Gasteiger partial charge in [-0.15, -0.1) is 0 Å². The largest absolute Gasteiger partial charge is 0.368 e. The predicted molar refractivity (Wildman–Crippen MR) is 119 cm³/mol. The molecule has 0 bridgehead atoms. The number of aromatic nitrogens is 4. The maximum absolute atomic E-state index is 5.70. The Morgan fingerprint density at radius 2 is 1.93 bits per heavy atom. The number of rotatable bonds is 5. The molecule has 0 radical (unpaired) electrons. The lowest BCUT2D eigenvalue weighted by Gasteiger charge is -2.12. The van der Waals surface area contributed by atoms with Gasteiger partial charge in [0, 0.05) is 23.7 Å². The molecule has 2 heterocycles. The molecule has 0 amide bonds. The van der Waals surface area contributed by atoms with Gasteiger partial charge in [0.05, 0.1) is 16.9 Å². The van der Waals surface area contributed by atoms with Crippen molar-refractivity contribution in [3.8, 4) is 11.3 Å². The van der Waals surface area contributed by atoms with Gasteiger partial charge in [-0.2, -0.15) is 5.10 Å². The Labute approximate surface area is 170 Å². The third-order valence-electron chi connectivity index (χ3n) is 4.85. The molecule has 0 aliphatic carbocycles. The summed E-state index contributed by atoms with van der Waals surface area (Å²) in [5.41, 5.74) is 13.1. The van der Waals surface area contributed by atoms with E-state index >= 15 is 0 Å². The van der Waals surface area contributed by atoms with Crippen LogP contribution in [0.5, 0.6) is 0 Å². The van der Waals surface area contributed by atoms with E-state index in [0.29, 0.717) is 0 Å². The summed E-state index contributed by atoms with van der Waals surface area (Å²) in [4.78, 5) is 10.4. The fourth-order valence-electron chi connectivity index (χ4n) is 3.38. The van der Waals surface area contributed by atoms with E-state index in [1.165, 1.54) is 11.1 Å². The van der Waals surface area contributed by atoms with Crippen LogP contribution in [-0.2, 0) is 6.54 Å². The highest BCUT2D eigenvalue weighted by atomic mass is 15.1. The van der Waals surface area contributed by atoms with Crippen molar-refractivity contribution in [2.45, 2.75) is 13.5 Å². The molecule has 6 heteroatoms. The molecule has 0 aliphatic heterocycles. The van der Waals surface area contributed by atoms with Crippen LogP contribution in [0.2, 0.25) is 0 Å². The van der Waals surface area contributed by atoms with Gasteiger partial charge in [0.1, 0.15) is 0 Å². The van der Waals surface area contributed by atoms with Gasteiger partial charge in [-0.1, -0.05) is 30.3 Å². The standard InChI is InChI=1S/C23H24N6/c1-15-12-16(4-6-18(15)14-29(2)3)5-9-21-19-8-7-17(13-22(19)28-27-21)20-10-11-25-23(24)26-20/h4-13H,14H2,1-3H3,(H,27,28)(H2,24,25,26). The number of fused-ring (bicyclic) bond motifs is 1. The molecule has 0 saturated heterocycles. The van der Waals surface area contributed by atoms with Gasteiger partial charge in [-0.3, -0.25) is 5.10 Å². The number of nitrogens with one attached hydrogen (secondary N) is 1. The molecule has 0 aliphatic rings. The van der Waals surface area contributed by atoms with Crippen LogP contribution >= 0.6 is 0 Å². The number of anilines is 1. The Hall–Kier alpha value is -3.51. The summed E-state index contributed by atoms with van der Waals surface area (Å²) >= 11 is 0. The van der Waals surface area contributed by atoms with E-state index in [2.05, 4.69) is 76.4 Å². The summed E-state index contributed by atoms with van der Waals surface area (Å²) in [6, 6.07) is 14.5. The molecule has 2 aromatic heterocycles. The van der Waals surface area contributed by atoms with E-state index in [0.717, 1.165) is 40.0 Å². The summed E-state index contributed by atoms with van der Waals surface area (Å²) in [6.45, 7) is 3.10. The summed E-state index contributed by atoms with van der Waals surface area (Å²) in [7, 11) is 4.17. The van der Waals surface area contributed by atoms with Gasteiger partial charge >= 0.3 is 0 Å². The molecule has 2 aromatic carbocycles. The molecule has 29 heavy (non-hydrogen) atoms. The highest BCUT2D eigenvalue weighted by molar-refractivity contribution is 5.91. The summed E-state index contributed by atoms with van der Waals surface area (Å²) < 4.78 is 0. The first-order valence-electron chi connectivity index (χ1n) is 9.49. The average molecular weight is 384 g/mol. The lowest BCUT2D eigenvalue weighted by Crippen LogP contribution is -2.11. The number of H-pyrrole nitrogens is 1. The molecule has 0 unspecified atom stereocenters. The number of nitrogens with two attached hydrogens (primary N) is 1. The number of nitrogens with zero attached hydrogens (tertiary/aromatic N) is 4. The van der Waals surface area contributed by atoms with E-state index in [1.54, 1.807) is 6.20 Å². The Balaban J connectivity index is 1.59. The summed E-state index contributed by atoms with van der Waals surface area (Å²) in [6.07, 6.45) is 5.80. The van der Waals surface area contributed by atoms with E-state index in [-0.39, 0.29) is 5.95 Å². The molecule has 0 spiro atoms. The Bertz CT molecular complexity index is 1190. The maximum atomic E-state index is 5.70. The minimum absolute atomic E-state index is 0.266. The Morgan fingerprint density at radius 1 is 1.07 bits per heavy atom. The third-order valence-corrected chi connectivity index (χ3v) is 4.85. The second kappa shape index (κ2) is 7.85. The lowest BCUT2D eigenvalue weighted by atomic mass is 10.0. The van der Waals surface area contributed by atoms with Gasteiger partial charge in [0.15, 0.2) is 0 Å². The zero-order valence-electron chi connectivity index (χ0n) is 16.8. The Kier molecular flexibility index (Phi) is 5.10. The van der Waals surface area contributed by atoms with Crippen LogP contribution in [0.15, 0.2) is 48.7 Å². The van der Waals surface area contributed by atoms with Gasteiger partial charge in [0.25, 0.3) is 0 Å². The molecule has 4 aromatic rings. The van der Waals surface area contributed by atoms with Crippen molar-refractivity contribution in [3.63, 3.8) is 0 Å². The van der Waals surface area contributed by atoms with Gasteiger partial charge in [0.2, 0.25) is 5.95 Å². The van der Waals surface area contributed by atoms with Crippen LogP contribution in [0.3, 0.4) is 0 Å². The second-order valence-electron chi connectivity index (χ2n) is 7.43. The minimum atomic E-state index is 0.266. The maximum Gasteiger partial charge on any atom is 0.220 e. The number of aromatic amines is 1. The van der Waals surface area contributed by atoms with E-state index in [9.17, 15) is 0 Å². The van der Waals surface area contributed by atoms with Crippen molar-refractivity contribution in [3.05, 3.63) is 71.0 Å². The first kappa shape index (κ1) is 18.8. The van der Waals surface area contributed by atoms with Crippen LogP contribution in [0.1, 0.15) is 22.4 Å². The molecule has 0 fully saturated rings. The molecule has 3 N–H and O–H groups in total. The smallest absolute Gasteiger partial charge is 0.220 e. The summed E-state index contributed by atoms with van der Waals surface area (Å²) in [5.74, 6) is 0.266. The third kappa shape index (κ3) is 4.17. The summed E-state index contributed by atoms with van der Waals surface area (Å²) in [5, 5.41) is 8.64. The highest BCUT2D eigenvalue weighted by Crippen LogP contribution is 2.25. The van der Waals surface area contributed by atoms with Gasteiger partial charge in [-0.05, 0) is 62.0 Å². The molecule has 6 nitrogen and oxygen atoms in total. The second-order valence-corrected chi connectivity index (χ2v) is 7.43. The van der Waals surface area contributed by atoms with Gasteiger partial charge in [-0.25, -0.2) is 9.97 Å². The monoisotopic (exact) mass is 384 g/mol. The molecule has 0 saturated carbocycles. The zero-order chi connectivity index (χ0) is 20.4. The number of aryl methyl sites for hydroxylation is 1. The lowest BCUT2D eigenvalue weighted by molar-refractivity contribution is 0.401. The molecular weight excluding hydrogens is 360 g/mol. The zero-order valence-corrected chi connectivity index (χ0v) is 16.8. The van der Waals surface area contributed by atoms with E-state index in [1.807, 2.05) is 24.3 Å². The first-order valence-corrected chi connectivity index (χ1v) is 9.49. The van der Waals surface area contributed by atoms with Crippen molar-refractivity contribution in [1.82, 2.24) is 25.1 Å². The van der Waals surface area contributed by atoms with Crippen LogP contribution in [0.4, 0.5) is 5.95 Å². The van der Waals surface area contributed by atoms with Crippen LogP contribution in [-0.4, -0.2) is 39.2 Å². The quantitative estimate of drug-likeness (QED) is 0.540. The topological polar surface area (TPSA) is 83.7 Å². The molecular formula is C23H24N6. The number of hydrogen-bond acceptors (Lipinski definition) is 5. The molecule has 146 valence electrons. The highest BCUT2D eigenvalue weighted by Gasteiger charge is 2.07. The van der Waals surface area contributed by atoms with E-state index < -0.39 is 0 Å². The predicted octanol–water partition coefficient (Wildman–Crippen LogP) is 4.14. The first-order chi connectivity index (χ1) is 14.0. The van der Waals surface area contributed by atoms with Crippen LogP contribution in [0, 0.1) is 6.92 Å². The molecule has 0 atom stereocenters. The average Bonchev–Trinajstić information content (AvgIpc) is 3.10. The number of nitrogen functional groups attached to an aromatic ring is 1. The van der Waals surface area contributed by atoms with Crippen LogP contribution < -0.4 is 5.73 Å². The van der Waals surface area contributed by atoms with Crippen LogP contribution in [0.25, 0.3) is 34.3 Å². The fourth-order valence-corrected chi connectivity index (χ4v) is 3.38. The SMILES string of the molecule is Cc1cc(C=Cc2n[nH]c3cc(-c4ccnc(N)n4)ccc23)ccc1CN(C)C. The van der Waals surface area contributed by atoms with Crippen molar-refractivity contribution >= 4 is 29.0 Å². The van der Waals surface area contributed by atoms with Gasteiger partial charge < -0.3 is 10.6 Å².